The number of thioether (sulfide) groups is 1. The summed E-state index contributed by atoms with van der Waals surface area (Å²) in [5.41, 5.74) is 1.71. The Morgan fingerprint density at radius 1 is 0.906 bits per heavy atom. The maximum atomic E-state index is 11.3. The number of halogens is 1. The van der Waals surface area contributed by atoms with Gasteiger partial charge in [-0.25, -0.2) is 4.79 Å². The van der Waals surface area contributed by atoms with Crippen molar-refractivity contribution in [3.05, 3.63) is 102 Å². The van der Waals surface area contributed by atoms with E-state index in [-0.39, 0.29) is 0 Å². The van der Waals surface area contributed by atoms with Gasteiger partial charge in [0.25, 0.3) is 0 Å². The van der Waals surface area contributed by atoms with Crippen LogP contribution in [0.5, 0.6) is 0 Å². The van der Waals surface area contributed by atoms with Gasteiger partial charge in [0.2, 0.25) is 0 Å². The molecule has 3 nitrogen and oxygen atoms in total. The second kappa shape index (κ2) is 13.2. The molecule has 0 aliphatic carbocycles. The third kappa shape index (κ3) is 8.58. The van der Waals surface area contributed by atoms with Gasteiger partial charge >= 0.3 is 5.97 Å². The minimum absolute atomic E-state index is 0.423. The lowest BCUT2D eigenvalue weighted by atomic mass is 10.1. The zero-order chi connectivity index (χ0) is 22.6. The van der Waals surface area contributed by atoms with Gasteiger partial charge < -0.3 is 4.84 Å². The van der Waals surface area contributed by atoms with E-state index in [1.165, 1.54) is 16.7 Å². The molecule has 0 bridgehead atoms. The number of allylic oxidation sites excluding steroid dienone is 1. The first kappa shape index (κ1) is 24.2. The summed E-state index contributed by atoms with van der Waals surface area (Å²) in [6, 6.07) is 26.2. The van der Waals surface area contributed by atoms with E-state index < -0.39 is 5.97 Å². The fourth-order valence-electron chi connectivity index (χ4n) is 2.78. The Balaban J connectivity index is 1.55. The normalized spacial score (nSPS) is 11.6. The fourth-order valence-corrected chi connectivity index (χ4v) is 4.50. The van der Waals surface area contributed by atoms with E-state index >= 15 is 0 Å². The van der Waals surface area contributed by atoms with Crippen molar-refractivity contribution in [2.24, 2.45) is 5.16 Å². The van der Waals surface area contributed by atoms with E-state index in [0.29, 0.717) is 6.42 Å². The predicted octanol–water partition coefficient (Wildman–Crippen LogP) is 7.89. The molecule has 0 fully saturated rings. The molecule has 164 valence electrons. The zero-order valence-electron chi connectivity index (χ0n) is 17.7. The van der Waals surface area contributed by atoms with Crippen LogP contribution in [0.3, 0.4) is 0 Å². The number of hydrogen-bond donors (Lipinski definition) is 0. The summed E-state index contributed by atoms with van der Waals surface area (Å²) in [5.74, 6) is 0.456. The van der Waals surface area contributed by atoms with Crippen LogP contribution < -0.4 is 0 Å². The second-order valence-electron chi connectivity index (χ2n) is 6.84. The standard InChI is InChI=1S/C26H24ClNO2S2/c1-20(29)30-28-26(10-6-3-7-19-31-23-17-13-22(27)14-18-23)21-11-15-25(16-12-21)32-24-8-4-2-5-9-24/h2-5,7-9,11-18H,6,10,19H2,1H3/b7-3+,28-26+. The van der Waals surface area contributed by atoms with Gasteiger partial charge in [0.15, 0.2) is 0 Å². The molecule has 0 amide bonds. The van der Waals surface area contributed by atoms with Crippen LogP contribution in [0.1, 0.15) is 25.3 Å². The highest BCUT2D eigenvalue weighted by atomic mass is 35.5. The van der Waals surface area contributed by atoms with E-state index in [9.17, 15) is 4.79 Å². The maximum absolute atomic E-state index is 11.3. The quantitative estimate of drug-likeness (QED) is 0.0969. The Morgan fingerprint density at radius 3 is 2.25 bits per heavy atom. The third-order valence-electron chi connectivity index (χ3n) is 4.33. The summed E-state index contributed by atoms with van der Waals surface area (Å²) in [5, 5.41) is 4.84. The van der Waals surface area contributed by atoms with Crippen LogP contribution >= 0.6 is 35.1 Å². The topological polar surface area (TPSA) is 38.7 Å². The Bertz CT molecular complexity index is 1050. The molecule has 0 spiro atoms. The lowest BCUT2D eigenvalue weighted by Gasteiger charge is -2.07. The molecule has 0 heterocycles. The van der Waals surface area contributed by atoms with Crippen molar-refractivity contribution in [1.29, 1.82) is 0 Å². The first-order valence-corrected chi connectivity index (χ1v) is 12.4. The van der Waals surface area contributed by atoms with Gasteiger partial charge in [0, 0.05) is 32.4 Å². The van der Waals surface area contributed by atoms with Crippen LogP contribution in [0.2, 0.25) is 5.02 Å². The molecule has 0 N–H and O–H groups in total. The molecule has 3 aromatic rings. The van der Waals surface area contributed by atoms with Gasteiger partial charge in [-0.05, 0) is 66.9 Å². The van der Waals surface area contributed by atoms with Crippen LogP contribution in [0.4, 0.5) is 0 Å². The van der Waals surface area contributed by atoms with Crippen LogP contribution in [0.25, 0.3) is 0 Å². The first-order valence-electron chi connectivity index (χ1n) is 10.2. The largest absolute Gasteiger partial charge is 0.331 e. The van der Waals surface area contributed by atoms with E-state index in [1.54, 1.807) is 23.5 Å². The summed E-state index contributed by atoms with van der Waals surface area (Å²) in [6.45, 7) is 1.36. The van der Waals surface area contributed by atoms with Gasteiger partial charge in [0.05, 0.1) is 5.71 Å². The lowest BCUT2D eigenvalue weighted by Crippen LogP contribution is -2.04. The van der Waals surface area contributed by atoms with Crippen LogP contribution in [-0.2, 0) is 9.63 Å². The smallest absolute Gasteiger partial charge is 0.318 e. The second-order valence-corrected chi connectivity index (χ2v) is 9.51. The number of hydrogen-bond acceptors (Lipinski definition) is 5. The van der Waals surface area contributed by atoms with Gasteiger partial charge in [-0.1, -0.05) is 71.0 Å². The number of carbonyl (C=O) groups is 1. The average molecular weight is 482 g/mol. The molecular formula is C26H24ClNO2S2. The van der Waals surface area contributed by atoms with E-state index in [2.05, 4.69) is 41.6 Å². The summed E-state index contributed by atoms with van der Waals surface area (Å²) >= 11 is 9.38. The highest BCUT2D eigenvalue weighted by Gasteiger charge is 2.06. The van der Waals surface area contributed by atoms with E-state index in [1.807, 2.05) is 54.6 Å². The monoisotopic (exact) mass is 481 g/mol. The summed E-state index contributed by atoms with van der Waals surface area (Å²) in [7, 11) is 0. The molecule has 3 rings (SSSR count). The number of carbonyl (C=O) groups excluding carboxylic acids is 1. The Hall–Kier alpha value is -2.47. The molecule has 0 saturated heterocycles. The van der Waals surface area contributed by atoms with Gasteiger partial charge in [-0.2, -0.15) is 0 Å². The first-order chi connectivity index (χ1) is 15.6. The Labute approximate surface area is 202 Å². The summed E-state index contributed by atoms with van der Waals surface area (Å²) in [4.78, 5) is 19.7. The van der Waals surface area contributed by atoms with Crippen LogP contribution in [0, 0.1) is 0 Å². The number of nitrogens with zero attached hydrogens (tertiary/aromatic N) is 1. The maximum Gasteiger partial charge on any atom is 0.331 e. The molecule has 0 aliphatic heterocycles. The minimum atomic E-state index is -0.423. The third-order valence-corrected chi connectivity index (χ3v) is 6.56. The fraction of sp³-hybridized carbons (Fsp3) is 0.154. The molecule has 3 aromatic carbocycles. The van der Waals surface area contributed by atoms with Gasteiger partial charge in [-0.3, -0.25) is 0 Å². The highest BCUT2D eigenvalue weighted by Crippen LogP contribution is 2.27. The van der Waals surface area contributed by atoms with E-state index in [0.717, 1.165) is 33.4 Å². The van der Waals surface area contributed by atoms with Gasteiger partial charge in [-0.15, -0.1) is 11.8 Å². The summed E-state index contributed by atoms with van der Waals surface area (Å²) in [6.07, 6.45) is 5.76. The lowest BCUT2D eigenvalue weighted by molar-refractivity contribution is -0.140. The minimum Gasteiger partial charge on any atom is -0.318 e. The van der Waals surface area contributed by atoms with Crippen molar-refractivity contribution in [2.75, 3.05) is 5.75 Å². The Morgan fingerprint density at radius 2 is 1.56 bits per heavy atom. The molecule has 0 saturated carbocycles. The number of rotatable bonds is 10. The number of oxime groups is 1. The zero-order valence-corrected chi connectivity index (χ0v) is 20.1. The van der Waals surface area contributed by atoms with Crippen LogP contribution in [0.15, 0.2) is 111 Å². The summed E-state index contributed by atoms with van der Waals surface area (Å²) < 4.78 is 0. The van der Waals surface area contributed by atoms with Crippen molar-refractivity contribution in [1.82, 2.24) is 0 Å². The number of benzene rings is 3. The molecule has 6 heteroatoms. The van der Waals surface area contributed by atoms with Crippen LogP contribution in [-0.4, -0.2) is 17.4 Å². The van der Waals surface area contributed by atoms with Crippen molar-refractivity contribution < 1.29 is 9.63 Å². The average Bonchev–Trinajstić information content (AvgIpc) is 2.80. The predicted molar refractivity (Wildman–Crippen MR) is 136 cm³/mol. The molecule has 0 radical (unpaired) electrons. The Kier molecular flexibility index (Phi) is 9.95. The SMILES string of the molecule is CC(=O)O/N=C(\CC/C=C/CSc1ccc(Cl)cc1)c1ccc(Sc2ccccc2)cc1. The highest BCUT2D eigenvalue weighted by molar-refractivity contribution is 7.99. The van der Waals surface area contributed by atoms with E-state index in [4.69, 9.17) is 16.4 Å². The molecule has 0 atom stereocenters. The van der Waals surface area contributed by atoms with Gasteiger partial charge in [0.1, 0.15) is 0 Å². The van der Waals surface area contributed by atoms with Crippen molar-refractivity contribution >= 4 is 46.8 Å². The molecule has 32 heavy (non-hydrogen) atoms. The van der Waals surface area contributed by atoms with Crippen molar-refractivity contribution in [3.63, 3.8) is 0 Å². The molecule has 0 unspecified atom stereocenters. The van der Waals surface area contributed by atoms with Crippen molar-refractivity contribution in [3.8, 4) is 0 Å². The molecule has 0 aromatic heterocycles. The van der Waals surface area contributed by atoms with Crippen molar-refractivity contribution in [2.45, 2.75) is 34.5 Å². The molecule has 0 aliphatic rings. The molecular weight excluding hydrogens is 458 g/mol.